The van der Waals surface area contributed by atoms with Gasteiger partial charge in [-0.15, -0.1) is 0 Å². The van der Waals surface area contributed by atoms with Gasteiger partial charge < -0.3 is 9.64 Å². The van der Waals surface area contributed by atoms with E-state index in [4.69, 9.17) is 0 Å². The van der Waals surface area contributed by atoms with E-state index in [-0.39, 0.29) is 11.9 Å². The quantitative estimate of drug-likeness (QED) is 0.641. The van der Waals surface area contributed by atoms with Crippen LogP contribution >= 0.6 is 0 Å². The summed E-state index contributed by atoms with van der Waals surface area (Å²) in [7, 11) is 1.41. The van der Waals surface area contributed by atoms with Crippen molar-refractivity contribution in [1.82, 2.24) is 9.80 Å². The lowest BCUT2D eigenvalue weighted by Crippen LogP contribution is -2.48. The topological polar surface area (TPSA) is 49.9 Å². The van der Waals surface area contributed by atoms with Gasteiger partial charge in [0.25, 0.3) is 0 Å². The van der Waals surface area contributed by atoms with Crippen molar-refractivity contribution in [3.63, 3.8) is 0 Å². The number of amides is 1. The number of carbonyl (C=O) groups excluding carboxylic acids is 2. The molecule has 16 heavy (non-hydrogen) atoms. The predicted molar refractivity (Wildman–Crippen MR) is 59.9 cm³/mol. The van der Waals surface area contributed by atoms with Crippen LogP contribution in [0.4, 0.5) is 0 Å². The Morgan fingerprint density at radius 2 is 1.81 bits per heavy atom. The second kappa shape index (κ2) is 6.48. The van der Waals surface area contributed by atoms with Crippen LogP contribution in [0.3, 0.4) is 0 Å². The highest BCUT2D eigenvalue weighted by atomic mass is 16.5. The van der Waals surface area contributed by atoms with E-state index < -0.39 is 0 Å². The SMILES string of the molecule is COC(=O)CCCN1CCN(C(C)=O)CC1. The van der Waals surface area contributed by atoms with Crippen LogP contribution in [-0.4, -0.2) is 61.5 Å². The van der Waals surface area contributed by atoms with Gasteiger partial charge in [0, 0.05) is 39.5 Å². The zero-order valence-electron chi connectivity index (χ0n) is 10.1. The monoisotopic (exact) mass is 228 g/mol. The van der Waals surface area contributed by atoms with E-state index in [1.54, 1.807) is 6.92 Å². The molecule has 0 aromatic heterocycles. The van der Waals surface area contributed by atoms with E-state index in [1.807, 2.05) is 4.90 Å². The molecule has 0 atom stereocenters. The molecule has 92 valence electrons. The summed E-state index contributed by atoms with van der Waals surface area (Å²) in [5.41, 5.74) is 0. The van der Waals surface area contributed by atoms with Crippen molar-refractivity contribution in [2.24, 2.45) is 0 Å². The minimum absolute atomic E-state index is 0.147. The van der Waals surface area contributed by atoms with Gasteiger partial charge in [-0.2, -0.15) is 0 Å². The van der Waals surface area contributed by atoms with Crippen LogP contribution in [0.2, 0.25) is 0 Å². The molecule has 1 amide bonds. The van der Waals surface area contributed by atoms with E-state index in [9.17, 15) is 9.59 Å². The smallest absolute Gasteiger partial charge is 0.305 e. The molecule has 0 aromatic rings. The normalized spacial score (nSPS) is 17.2. The third kappa shape index (κ3) is 4.18. The fourth-order valence-corrected chi connectivity index (χ4v) is 1.84. The highest BCUT2D eigenvalue weighted by molar-refractivity contribution is 5.73. The summed E-state index contributed by atoms with van der Waals surface area (Å²) in [6, 6.07) is 0. The minimum Gasteiger partial charge on any atom is -0.469 e. The summed E-state index contributed by atoms with van der Waals surface area (Å²) in [6.45, 7) is 5.91. The minimum atomic E-state index is -0.151. The van der Waals surface area contributed by atoms with Crippen molar-refractivity contribution in [1.29, 1.82) is 0 Å². The molecular weight excluding hydrogens is 208 g/mol. The summed E-state index contributed by atoms with van der Waals surface area (Å²) in [6.07, 6.45) is 1.30. The summed E-state index contributed by atoms with van der Waals surface area (Å²) in [4.78, 5) is 26.1. The van der Waals surface area contributed by atoms with Crippen LogP contribution in [0, 0.1) is 0 Å². The van der Waals surface area contributed by atoms with E-state index in [0.717, 1.165) is 39.1 Å². The number of esters is 1. The molecule has 1 heterocycles. The first-order valence-corrected chi connectivity index (χ1v) is 5.68. The third-order valence-electron chi connectivity index (χ3n) is 2.90. The molecule has 1 aliphatic rings. The Kier molecular flexibility index (Phi) is 5.25. The van der Waals surface area contributed by atoms with Crippen molar-refractivity contribution < 1.29 is 14.3 Å². The first kappa shape index (κ1) is 13.0. The predicted octanol–water partition coefficient (Wildman–Crippen LogP) is 0.104. The Balaban J connectivity index is 2.13. The van der Waals surface area contributed by atoms with Gasteiger partial charge in [0.2, 0.25) is 5.91 Å². The second-order valence-corrected chi connectivity index (χ2v) is 4.03. The van der Waals surface area contributed by atoms with Crippen molar-refractivity contribution in [2.45, 2.75) is 19.8 Å². The van der Waals surface area contributed by atoms with Crippen LogP contribution in [0.5, 0.6) is 0 Å². The molecule has 5 nitrogen and oxygen atoms in total. The third-order valence-corrected chi connectivity index (χ3v) is 2.90. The average Bonchev–Trinajstić information content (AvgIpc) is 2.29. The fourth-order valence-electron chi connectivity index (χ4n) is 1.84. The number of rotatable bonds is 4. The molecule has 0 saturated carbocycles. The van der Waals surface area contributed by atoms with E-state index in [1.165, 1.54) is 7.11 Å². The molecule has 5 heteroatoms. The van der Waals surface area contributed by atoms with Gasteiger partial charge in [0.15, 0.2) is 0 Å². The molecule has 1 fully saturated rings. The molecule has 0 bridgehead atoms. The van der Waals surface area contributed by atoms with E-state index in [0.29, 0.717) is 6.42 Å². The number of carbonyl (C=O) groups is 2. The Hall–Kier alpha value is -1.10. The van der Waals surface area contributed by atoms with Crippen LogP contribution in [0.1, 0.15) is 19.8 Å². The maximum absolute atomic E-state index is 11.1. The van der Waals surface area contributed by atoms with Gasteiger partial charge >= 0.3 is 5.97 Å². The highest BCUT2D eigenvalue weighted by Gasteiger charge is 2.18. The number of nitrogens with zero attached hydrogens (tertiary/aromatic N) is 2. The van der Waals surface area contributed by atoms with Crippen LogP contribution in [0.25, 0.3) is 0 Å². The van der Waals surface area contributed by atoms with E-state index in [2.05, 4.69) is 9.64 Å². The molecule has 0 spiro atoms. The van der Waals surface area contributed by atoms with Crippen molar-refractivity contribution in [3.05, 3.63) is 0 Å². The summed E-state index contributed by atoms with van der Waals surface area (Å²) in [5.74, 6) is -0.00316. The number of hydrogen-bond acceptors (Lipinski definition) is 4. The highest BCUT2D eigenvalue weighted by Crippen LogP contribution is 2.04. The standard InChI is InChI=1S/C11H20N2O3/c1-10(14)13-8-6-12(7-9-13)5-3-4-11(15)16-2/h3-9H2,1-2H3. The number of hydrogen-bond donors (Lipinski definition) is 0. The maximum atomic E-state index is 11.1. The second-order valence-electron chi connectivity index (χ2n) is 4.03. The molecule has 0 N–H and O–H groups in total. The molecule has 0 aliphatic carbocycles. The zero-order chi connectivity index (χ0) is 12.0. The van der Waals surface area contributed by atoms with Crippen LogP contribution < -0.4 is 0 Å². The first-order chi connectivity index (χ1) is 7.63. The lowest BCUT2D eigenvalue weighted by atomic mass is 10.2. The summed E-state index contributed by atoms with van der Waals surface area (Å²) >= 11 is 0. The van der Waals surface area contributed by atoms with Gasteiger partial charge in [-0.05, 0) is 13.0 Å². The molecule has 1 aliphatic heterocycles. The lowest BCUT2D eigenvalue weighted by Gasteiger charge is -2.34. The fraction of sp³-hybridized carbons (Fsp3) is 0.818. The Morgan fingerprint density at radius 3 is 2.31 bits per heavy atom. The zero-order valence-corrected chi connectivity index (χ0v) is 10.1. The first-order valence-electron chi connectivity index (χ1n) is 5.68. The van der Waals surface area contributed by atoms with Gasteiger partial charge in [-0.25, -0.2) is 0 Å². The molecule has 0 unspecified atom stereocenters. The van der Waals surface area contributed by atoms with Gasteiger partial charge in [0.05, 0.1) is 7.11 Å². The summed E-state index contributed by atoms with van der Waals surface area (Å²) < 4.78 is 4.58. The Bertz CT molecular complexity index is 248. The number of piperazine rings is 1. The Morgan fingerprint density at radius 1 is 1.19 bits per heavy atom. The molecule has 0 aromatic carbocycles. The molecule has 1 rings (SSSR count). The number of ether oxygens (including phenoxy) is 1. The molecular formula is C11H20N2O3. The van der Waals surface area contributed by atoms with Crippen LogP contribution in [0.15, 0.2) is 0 Å². The van der Waals surface area contributed by atoms with Gasteiger partial charge in [-0.1, -0.05) is 0 Å². The van der Waals surface area contributed by atoms with E-state index >= 15 is 0 Å². The van der Waals surface area contributed by atoms with Crippen LogP contribution in [-0.2, 0) is 14.3 Å². The largest absolute Gasteiger partial charge is 0.469 e. The lowest BCUT2D eigenvalue weighted by molar-refractivity contribution is -0.140. The average molecular weight is 228 g/mol. The molecule has 0 radical (unpaired) electrons. The Labute approximate surface area is 96.3 Å². The van der Waals surface area contributed by atoms with Crippen molar-refractivity contribution in [2.75, 3.05) is 39.8 Å². The van der Waals surface area contributed by atoms with Crippen molar-refractivity contribution >= 4 is 11.9 Å². The summed E-state index contributed by atoms with van der Waals surface area (Å²) in [5, 5.41) is 0. The maximum Gasteiger partial charge on any atom is 0.305 e. The number of methoxy groups -OCH3 is 1. The van der Waals surface area contributed by atoms with Gasteiger partial charge in [-0.3, -0.25) is 14.5 Å². The molecule has 1 saturated heterocycles. The van der Waals surface area contributed by atoms with Crippen molar-refractivity contribution in [3.8, 4) is 0 Å². The van der Waals surface area contributed by atoms with Gasteiger partial charge in [0.1, 0.15) is 0 Å².